The molecule has 0 radical (unpaired) electrons. The maximum Gasteiger partial charge on any atom is 0.361 e. The number of hydrogen-bond acceptors (Lipinski definition) is 7. The van der Waals surface area contributed by atoms with Crippen LogP contribution in [0.3, 0.4) is 0 Å². The number of unbranched alkanes of at least 4 members (excludes halogenated alkanes) is 14. The molecule has 2 atom stereocenters. The standard InChI is InChI=1S/C98H149NO8/c1-6-8-10-12-14-16-18-20-22-24-26-28-30-32-34-36-38-40-42-44-46-48-50-52-54-56-58-60-62-64-66-68-70-72-74-76-78-80-82-84-86-88-95(100)105-92-94(93-106-98(97(102)103)104-91-90-99(3,4)5)107-96(101)89-87-85-83-81-79-77-75-73-71-69-67-65-63-61-59-57-55-53-51-49-47-45-43-41-39-37-35-33-31-29-27-25-23-21-19-17-15-13-11-9-7-2/h8-11,14-17,20-23,26-29,32-35,38-41,44-47,50-53,56-59,62-65,68-71,94,98H,6-7,12-13,18-19,24-25,30-31,36-37,42-43,48-49,54-55,60-61,66-67,72-93H2,1-5H3/p+1/b10-8-,11-9-,16-14-,17-15-,22-20-,23-21-,28-26-,29-27-,34-32-,35-33-,40-38-,41-39-,46-44-,47-45-,52-50-,53-51-,58-56-,59-57-,64-62-,65-63-,70-68-,71-69-. The van der Waals surface area contributed by atoms with Gasteiger partial charge in [0.15, 0.2) is 6.10 Å². The smallest absolute Gasteiger partial charge is 0.361 e. The van der Waals surface area contributed by atoms with E-state index < -0.39 is 24.3 Å². The van der Waals surface area contributed by atoms with Crippen molar-refractivity contribution in [1.82, 2.24) is 0 Å². The summed E-state index contributed by atoms with van der Waals surface area (Å²) in [6.07, 6.45) is 135. The van der Waals surface area contributed by atoms with Gasteiger partial charge in [-0.2, -0.15) is 0 Å². The predicted molar refractivity (Wildman–Crippen MR) is 464 cm³/mol. The van der Waals surface area contributed by atoms with Crippen molar-refractivity contribution in [2.24, 2.45) is 0 Å². The van der Waals surface area contributed by atoms with Gasteiger partial charge in [0.25, 0.3) is 6.29 Å². The number of carbonyl (C=O) groups excluding carboxylic acids is 2. The van der Waals surface area contributed by atoms with Crippen molar-refractivity contribution in [3.05, 3.63) is 267 Å². The van der Waals surface area contributed by atoms with Crippen LogP contribution in [-0.2, 0) is 33.3 Å². The first-order valence-corrected chi connectivity index (χ1v) is 41.5. The summed E-state index contributed by atoms with van der Waals surface area (Å²) in [5.74, 6) is -2.06. The Balaban J connectivity index is 4.21. The lowest BCUT2D eigenvalue weighted by Crippen LogP contribution is -2.40. The quantitative estimate of drug-likeness (QED) is 0.0211. The summed E-state index contributed by atoms with van der Waals surface area (Å²) in [7, 11) is 5.96. The zero-order valence-corrected chi connectivity index (χ0v) is 67.9. The fourth-order valence-electron chi connectivity index (χ4n) is 10.3. The van der Waals surface area contributed by atoms with E-state index in [1.165, 1.54) is 32.1 Å². The van der Waals surface area contributed by atoms with E-state index in [2.05, 4.69) is 281 Å². The van der Waals surface area contributed by atoms with Crippen LogP contribution in [0.25, 0.3) is 0 Å². The van der Waals surface area contributed by atoms with Crippen molar-refractivity contribution >= 4 is 17.9 Å². The van der Waals surface area contributed by atoms with Crippen molar-refractivity contribution in [2.45, 2.75) is 283 Å². The lowest BCUT2D eigenvalue weighted by molar-refractivity contribution is -0.870. The molecule has 0 fully saturated rings. The van der Waals surface area contributed by atoms with Gasteiger partial charge in [-0.1, -0.05) is 345 Å². The summed E-state index contributed by atoms with van der Waals surface area (Å²) in [5, 5.41) is 9.78. The number of hydrogen-bond donors (Lipinski definition) is 1. The van der Waals surface area contributed by atoms with Crippen LogP contribution in [0.2, 0.25) is 0 Å². The SMILES string of the molecule is CC/C=C\C/C=C\C/C=C\C/C=C\C/C=C\C/C=C\C/C=C\C/C=C\C/C=C\C/C=C\C/C=C\CCCCCCCCCC(=O)OCC(COC(OCC[N+](C)(C)C)C(=O)O)OC(=O)CCCCCCCCC/C=C\C/C=C\C/C=C\C/C=C\C/C=C\C/C=C\C/C=C\C/C=C\C/C=C\C/C=C\C/C=C\CC. The van der Waals surface area contributed by atoms with Gasteiger partial charge >= 0.3 is 17.9 Å². The molecular weight excluding hydrogens is 1320 g/mol. The molecular formula is C98H150NO8+. The fraction of sp³-hybridized carbons (Fsp3) is 0.520. The third-order valence-corrected chi connectivity index (χ3v) is 16.5. The first-order valence-electron chi connectivity index (χ1n) is 41.5. The van der Waals surface area contributed by atoms with Gasteiger partial charge in [-0.15, -0.1) is 0 Å². The Morgan fingerprint density at radius 2 is 0.505 bits per heavy atom. The van der Waals surface area contributed by atoms with Gasteiger partial charge in [0.2, 0.25) is 0 Å². The molecule has 0 saturated heterocycles. The van der Waals surface area contributed by atoms with E-state index in [0.717, 1.165) is 205 Å². The van der Waals surface area contributed by atoms with Crippen molar-refractivity contribution in [2.75, 3.05) is 47.5 Å². The van der Waals surface area contributed by atoms with Gasteiger partial charge in [0.1, 0.15) is 13.2 Å². The molecule has 0 aliphatic rings. The van der Waals surface area contributed by atoms with E-state index >= 15 is 0 Å². The number of allylic oxidation sites excluding steroid dienone is 44. The minimum atomic E-state index is -1.54. The maximum atomic E-state index is 13.0. The number of rotatable bonds is 73. The Kier molecular flexibility index (Phi) is 78.4. The number of carboxylic acid groups (broad SMARTS) is 1. The van der Waals surface area contributed by atoms with Crippen molar-refractivity contribution in [3.63, 3.8) is 0 Å². The molecule has 0 bridgehead atoms. The highest BCUT2D eigenvalue weighted by Gasteiger charge is 2.25. The molecule has 0 heterocycles. The molecule has 0 aromatic rings. The lowest BCUT2D eigenvalue weighted by Gasteiger charge is -2.25. The molecule has 0 rings (SSSR count). The second-order valence-corrected chi connectivity index (χ2v) is 27.6. The van der Waals surface area contributed by atoms with Crippen LogP contribution in [0.5, 0.6) is 0 Å². The van der Waals surface area contributed by atoms with Crippen molar-refractivity contribution in [1.29, 1.82) is 0 Å². The number of carboxylic acids is 1. The monoisotopic (exact) mass is 1470 g/mol. The maximum absolute atomic E-state index is 13.0. The average molecular weight is 1470 g/mol. The lowest BCUT2D eigenvalue weighted by atomic mass is 10.1. The molecule has 1 N–H and O–H groups in total. The molecule has 0 amide bonds. The largest absolute Gasteiger partial charge is 0.477 e. The zero-order valence-electron chi connectivity index (χ0n) is 67.9. The summed E-state index contributed by atoms with van der Waals surface area (Å²) >= 11 is 0. The van der Waals surface area contributed by atoms with Crippen LogP contribution in [0.15, 0.2) is 267 Å². The fourth-order valence-corrected chi connectivity index (χ4v) is 10.3. The summed E-state index contributed by atoms with van der Waals surface area (Å²) in [4.78, 5) is 37.8. The first-order chi connectivity index (χ1) is 52.6. The number of aliphatic carboxylic acids is 1. The minimum absolute atomic E-state index is 0.169. The first kappa shape index (κ1) is 99.6. The van der Waals surface area contributed by atoms with Crippen LogP contribution in [0, 0.1) is 0 Å². The van der Waals surface area contributed by atoms with E-state index in [9.17, 15) is 19.5 Å². The van der Waals surface area contributed by atoms with E-state index in [-0.39, 0.29) is 38.6 Å². The molecule has 0 aromatic heterocycles. The van der Waals surface area contributed by atoms with Crippen LogP contribution in [0.1, 0.15) is 271 Å². The highest BCUT2D eigenvalue weighted by molar-refractivity contribution is 5.71. The minimum Gasteiger partial charge on any atom is -0.477 e. The number of carbonyl (C=O) groups is 3. The molecule has 0 spiro atoms. The van der Waals surface area contributed by atoms with Crippen molar-refractivity contribution in [3.8, 4) is 0 Å². The Morgan fingerprint density at radius 1 is 0.280 bits per heavy atom. The summed E-state index contributed by atoms with van der Waals surface area (Å²) in [6, 6.07) is 0. The molecule has 2 unspecified atom stereocenters. The predicted octanol–water partition coefficient (Wildman–Crippen LogP) is 27.5. The number of ether oxygens (including phenoxy) is 4. The van der Waals surface area contributed by atoms with Crippen LogP contribution < -0.4 is 0 Å². The molecule has 0 aromatic carbocycles. The zero-order chi connectivity index (χ0) is 77.4. The van der Waals surface area contributed by atoms with Gasteiger partial charge in [-0.3, -0.25) is 9.59 Å². The number of likely N-dealkylation sites (N-methyl/N-ethyl adjacent to an activating group) is 1. The summed E-state index contributed by atoms with van der Waals surface area (Å²) in [5.41, 5.74) is 0. The number of nitrogens with zero attached hydrogens (tertiary/aromatic N) is 1. The van der Waals surface area contributed by atoms with Gasteiger partial charge in [0.05, 0.1) is 34.4 Å². The Labute approximate surface area is 655 Å². The summed E-state index contributed by atoms with van der Waals surface area (Å²) < 4.78 is 23.0. The van der Waals surface area contributed by atoms with Crippen LogP contribution >= 0.6 is 0 Å². The van der Waals surface area contributed by atoms with Gasteiger partial charge in [-0.25, -0.2) is 4.79 Å². The highest BCUT2D eigenvalue weighted by Crippen LogP contribution is 2.15. The van der Waals surface area contributed by atoms with Gasteiger partial charge in [0, 0.05) is 12.8 Å². The normalized spacial score (nSPS) is 14.1. The molecule has 0 aliphatic heterocycles. The third kappa shape index (κ3) is 85.7. The molecule has 0 saturated carbocycles. The second-order valence-electron chi connectivity index (χ2n) is 27.6. The Bertz CT molecular complexity index is 2780. The van der Waals surface area contributed by atoms with E-state index in [4.69, 9.17) is 18.9 Å². The third-order valence-electron chi connectivity index (χ3n) is 16.5. The van der Waals surface area contributed by atoms with Gasteiger partial charge in [-0.05, 0) is 180 Å². The number of quaternary nitrogens is 1. The Morgan fingerprint density at radius 3 is 0.748 bits per heavy atom. The second kappa shape index (κ2) is 84.2. The van der Waals surface area contributed by atoms with E-state index in [1.807, 2.05) is 21.1 Å². The van der Waals surface area contributed by atoms with Gasteiger partial charge < -0.3 is 28.5 Å². The molecule has 594 valence electrons. The topological polar surface area (TPSA) is 108 Å². The van der Waals surface area contributed by atoms with Crippen LogP contribution in [0.4, 0.5) is 0 Å². The van der Waals surface area contributed by atoms with Crippen LogP contribution in [-0.4, -0.2) is 87.4 Å². The molecule has 0 aliphatic carbocycles. The van der Waals surface area contributed by atoms with E-state index in [1.54, 1.807) is 0 Å². The van der Waals surface area contributed by atoms with E-state index in [0.29, 0.717) is 17.4 Å². The van der Waals surface area contributed by atoms with Crippen molar-refractivity contribution < 1.29 is 42.9 Å². The molecule has 107 heavy (non-hydrogen) atoms. The average Bonchev–Trinajstić information content (AvgIpc) is 0.928. The highest BCUT2D eigenvalue weighted by atomic mass is 16.7. The summed E-state index contributed by atoms with van der Waals surface area (Å²) in [6.45, 7) is 4.59. The Hall–Kier alpha value is -7.43. The molecule has 9 heteroatoms. The number of esters is 2. The molecule has 9 nitrogen and oxygen atoms in total.